The van der Waals surface area contributed by atoms with Crippen molar-refractivity contribution in [1.29, 1.82) is 0 Å². The molecule has 0 saturated carbocycles. The van der Waals surface area contributed by atoms with Crippen LogP contribution in [0.2, 0.25) is 0 Å². The fourth-order valence-corrected chi connectivity index (χ4v) is 2.60. The largest absolute Gasteiger partial charge is 0.300 e. The lowest BCUT2D eigenvalue weighted by atomic mass is 10.0. The van der Waals surface area contributed by atoms with Gasteiger partial charge in [-0.2, -0.15) is 0 Å². The number of Topliss-reactive ketones (excluding diaryl/α,β-unsaturated/α-hetero) is 4. The summed E-state index contributed by atoms with van der Waals surface area (Å²) in [5.41, 5.74) is 4.54. The first kappa shape index (κ1) is 29.5. The second-order valence-corrected chi connectivity index (χ2v) is 7.95. The Bertz CT molecular complexity index is 985. The zero-order chi connectivity index (χ0) is 25.4. The van der Waals surface area contributed by atoms with Gasteiger partial charge in [0.05, 0.1) is 0 Å². The second-order valence-electron chi connectivity index (χ2n) is 7.95. The lowest BCUT2D eigenvalue weighted by Crippen LogP contribution is -2.02. The zero-order valence-corrected chi connectivity index (χ0v) is 20.4. The molecule has 0 fully saturated rings. The van der Waals surface area contributed by atoms with Gasteiger partial charge in [0.2, 0.25) is 0 Å². The summed E-state index contributed by atoms with van der Waals surface area (Å²) in [5, 5.41) is 0. The molecule has 0 atom stereocenters. The zero-order valence-electron chi connectivity index (χ0n) is 20.4. The van der Waals surface area contributed by atoms with Crippen LogP contribution in [0.3, 0.4) is 0 Å². The van der Waals surface area contributed by atoms with Crippen LogP contribution in [0.4, 0.5) is 0 Å². The van der Waals surface area contributed by atoms with E-state index in [2.05, 4.69) is 0 Å². The fourth-order valence-electron chi connectivity index (χ4n) is 2.60. The first-order valence-electron chi connectivity index (χ1n) is 10.7. The van der Waals surface area contributed by atoms with E-state index in [4.69, 9.17) is 0 Å². The van der Waals surface area contributed by atoms with Crippen molar-refractivity contribution in [1.82, 2.24) is 0 Å². The Morgan fingerprint density at radius 1 is 0.697 bits per heavy atom. The van der Waals surface area contributed by atoms with Crippen molar-refractivity contribution in [3.8, 4) is 0 Å². The maximum absolute atomic E-state index is 11.3. The van der Waals surface area contributed by atoms with Crippen molar-refractivity contribution in [2.24, 2.45) is 0 Å². The van der Waals surface area contributed by atoms with Gasteiger partial charge in [0, 0.05) is 30.4 Å². The number of benzene rings is 2. The summed E-state index contributed by atoms with van der Waals surface area (Å²) in [4.78, 5) is 52.9. The van der Waals surface area contributed by atoms with Gasteiger partial charge in [-0.15, -0.1) is 0 Å². The van der Waals surface area contributed by atoms with Gasteiger partial charge in [0.15, 0.2) is 5.78 Å². The third kappa shape index (κ3) is 15.9. The fraction of sp³-hybridized carbons (Fsp3) is 0.321. The molecule has 5 heteroatoms. The minimum Gasteiger partial charge on any atom is -0.300 e. The summed E-state index contributed by atoms with van der Waals surface area (Å²) >= 11 is 0. The Morgan fingerprint density at radius 3 is 1.48 bits per heavy atom. The SMILES string of the molecule is CC(=O)C/C(=C\c1cccc(C)c1)C(C)=O.CC(=O)CCC(C)=O.Cc1cccc(C=O)c1. The molecule has 0 radical (unpaired) electrons. The number of aryl methyl sites for hydroxylation is 2. The third-order valence-corrected chi connectivity index (χ3v) is 4.28. The molecule has 176 valence electrons. The number of hydrogen-bond donors (Lipinski definition) is 0. The van der Waals surface area contributed by atoms with Crippen LogP contribution < -0.4 is 0 Å². The Hall–Kier alpha value is -3.47. The summed E-state index contributed by atoms with van der Waals surface area (Å²) in [7, 11) is 0. The molecular formula is C28H34O5. The maximum atomic E-state index is 11.3. The minimum atomic E-state index is -0.0447. The van der Waals surface area contributed by atoms with Crippen LogP contribution in [0.25, 0.3) is 6.08 Å². The van der Waals surface area contributed by atoms with Gasteiger partial charge in [-0.1, -0.05) is 53.6 Å². The van der Waals surface area contributed by atoms with E-state index < -0.39 is 0 Å². The van der Waals surface area contributed by atoms with Crippen molar-refractivity contribution in [3.05, 3.63) is 76.4 Å². The van der Waals surface area contributed by atoms with E-state index in [1.807, 2.05) is 56.3 Å². The van der Waals surface area contributed by atoms with E-state index >= 15 is 0 Å². The highest BCUT2D eigenvalue weighted by atomic mass is 16.1. The molecule has 0 bridgehead atoms. The predicted octanol–water partition coefficient (Wildman–Crippen LogP) is 5.70. The smallest absolute Gasteiger partial charge is 0.156 e. The van der Waals surface area contributed by atoms with Crippen LogP contribution in [-0.2, 0) is 19.2 Å². The molecule has 2 aromatic carbocycles. The number of ketones is 4. The van der Waals surface area contributed by atoms with Crippen LogP contribution in [0.5, 0.6) is 0 Å². The van der Waals surface area contributed by atoms with Crippen LogP contribution in [0.1, 0.15) is 74.0 Å². The van der Waals surface area contributed by atoms with Gasteiger partial charge < -0.3 is 9.59 Å². The second kappa shape index (κ2) is 16.2. The number of rotatable bonds is 8. The van der Waals surface area contributed by atoms with E-state index in [1.54, 1.807) is 12.1 Å². The lowest BCUT2D eigenvalue weighted by Gasteiger charge is -2.02. The summed E-state index contributed by atoms with van der Waals surface area (Å²) in [5.74, 6) is 0.131. The molecule has 0 aromatic heterocycles. The lowest BCUT2D eigenvalue weighted by molar-refractivity contribution is -0.122. The van der Waals surface area contributed by atoms with Crippen LogP contribution in [0, 0.1) is 13.8 Å². The predicted molar refractivity (Wildman–Crippen MR) is 132 cm³/mol. The monoisotopic (exact) mass is 450 g/mol. The third-order valence-electron chi connectivity index (χ3n) is 4.28. The number of carbonyl (C=O) groups is 5. The van der Waals surface area contributed by atoms with Crippen LogP contribution in [-0.4, -0.2) is 29.4 Å². The number of carbonyl (C=O) groups excluding carboxylic acids is 5. The average Bonchev–Trinajstić information content (AvgIpc) is 2.72. The standard InChI is InChI=1S/C14H16O2.C8H8O.C6H10O2/c1-10-5-4-6-13(7-10)9-14(12(3)16)8-11(2)15;1-7-3-2-4-8(5-7)6-9;1-5(7)3-4-6(2)8/h4-7,9H,8H2,1-3H3;2-6H,1H3;3-4H2,1-2H3/b14-9+;;. The van der Waals surface area contributed by atoms with Gasteiger partial charge in [0.25, 0.3) is 0 Å². The summed E-state index contributed by atoms with van der Waals surface area (Å²) in [6.45, 7) is 9.92. The first-order chi connectivity index (χ1) is 15.4. The molecule has 5 nitrogen and oxygen atoms in total. The summed E-state index contributed by atoms with van der Waals surface area (Å²) < 4.78 is 0. The average molecular weight is 451 g/mol. The van der Waals surface area contributed by atoms with Gasteiger partial charge in [-0.25, -0.2) is 0 Å². The molecule has 0 spiro atoms. The molecule has 0 aliphatic carbocycles. The van der Waals surface area contributed by atoms with E-state index in [-0.39, 0.29) is 29.6 Å². The highest BCUT2D eigenvalue weighted by Gasteiger charge is 2.06. The molecule has 2 rings (SSSR count). The van der Waals surface area contributed by atoms with Gasteiger partial charge in [-0.3, -0.25) is 14.4 Å². The summed E-state index contributed by atoms with van der Waals surface area (Å²) in [6.07, 6.45) is 3.65. The van der Waals surface area contributed by atoms with Gasteiger partial charge >= 0.3 is 0 Å². The van der Waals surface area contributed by atoms with E-state index in [1.165, 1.54) is 27.7 Å². The molecular weight excluding hydrogens is 416 g/mol. The van der Waals surface area contributed by atoms with E-state index in [0.717, 1.165) is 28.5 Å². The van der Waals surface area contributed by atoms with E-state index in [0.29, 0.717) is 18.4 Å². The molecule has 0 N–H and O–H groups in total. The number of allylic oxidation sites excluding steroid dienone is 1. The minimum absolute atomic E-state index is 0.00843. The molecule has 2 aromatic rings. The van der Waals surface area contributed by atoms with Crippen molar-refractivity contribution in [3.63, 3.8) is 0 Å². The normalized spacial score (nSPS) is 10.1. The van der Waals surface area contributed by atoms with Crippen LogP contribution >= 0.6 is 0 Å². The van der Waals surface area contributed by atoms with Crippen LogP contribution in [0.15, 0.2) is 54.1 Å². The van der Waals surface area contributed by atoms with Crippen molar-refractivity contribution in [2.45, 2.75) is 60.8 Å². The molecule has 0 heterocycles. The van der Waals surface area contributed by atoms with Crippen molar-refractivity contribution >= 4 is 35.5 Å². The Labute approximate surface area is 196 Å². The first-order valence-corrected chi connectivity index (χ1v) is 10.7. The Kier molecular flexibility index (Phi) is 14.5. The Balaban J connectivity index is 0.000000511. The topological polar surface area (TPSA) is 85.3 Å². The molecule has 0 aliphatic heterocycles. The van der Waals surface area contributed by atoms with Crippen molar-refractivity contribution in [2.75, 3.05) is 0 Å². The molecule has 0 aliphatic rings. The van der Waals surface area contributed by atoms with E-state index in [9.17, 15) is 24.0 Å². The quantitative estimate of drug-likeness (QED) is 0.380. The summed E-state index contributed by atoms with van der Waals surface area (Å²) in [6, 6.07) is 15.3. The molecule has 0 amide bonds. The highest BCUT2D eigenvalue weighted by molar-refractivity contribution is 6.02. The maximum Gasteiger partial charge on any atom is 0.156 e. The molecule has 0 unspecified atom stereocenters. The molecule has 33 heavy (non-hydrogen) atoms. The number of hydrogen-bond acceptors (Lipinski definition) is 5. The Morgan fingerprint density at radius 2 is 1.15 bits per heavy atom. The highest BCUT2D eigenvalue weighted by Crippen LogP contribution is 2.13. The van der Waals surface area contributed by atoms with Crippen molar-refractivity contribution < 1.29 is 24.0 Å². The number of aldehydes is 1. The molecule has 0 saturated heterocycles. The van der Waals surface area contributed by atoms with Gasteiger partial charge in [-0.05, 0) is 59.2 Å². The van der Waals surface area contributed by atoms with Gasteiger partial charge in [0.1, 0.15) is 23.6 Å².